The van der Waals surface area contributed by atoms with Crippen molar-refractivity contribution in [2.24, 2.45) is 0 Å². The number of hydrogen-bond donors (Lipinski definition) is 7. The van der Waals surface area contributed by atoms with Crippen molar-refractivity contribution in [3.05, 3.63) is 10.4 Å². The summed E-state index contributed by atoms with van der Waals surface area (Å²) in [5.41, 5.74) is 5.18. The highest BCUT2D eigenvalue weighted by atomic mass is 31.3. The standard InChI is InChI=1S/C11H19N5O11P2/c1-15-3-16(8-5(15)9(19)14-11(12)13-8)10-7(18)6(17)4(26-10)2-25-29(23,24)27-28(20,21)22/h4,6-7,10,17-18H,2-3H2,1H3,(H,23,24)(H2,20,21,22)(H3,12,13,14,19). The Balaban J connectivity index is 1.75. The minimum Gasteiger partial charge on any atom is -0.387 e. The third-order valence-electron chi connectivity index (χ3n) is 4.17. The number of aliphatic hydroxyl groups excluding tert-OH is 2. The zero-order valence-electron chi connectivity index (χ0n) is 14.7. The van der Waals surface area contributed by atoms with E-state index in [0.29, 0.717) is 0 Å². The van der Waals surface area contributed by atoms with E-state index in [1.54, 1.807) is 7.05 Å². The van der Waals surface area contributed by atoms with Gasteiger partial charge in [0.25, 0.3) is 5.56 Å². The first-order valence-corrected chi connectivity index (χ1v) is 10.9. The van der Waals surface area contributed by atoms with Gasteiger partial charge in [-0.3, -0.25) is 14.3 Å². The van der Waals surface area contributed by atoms with Gasteiger partial charge in [-0.1, -0.05) is 0 Å². The Labute approximate surface area is 162 Å². The number of aromatic amines is 1. The van der Waals surface area contributed by atoms with Gasteiger partial charge in [0.15, 0.2) is 12.0 Å². The summed E-state index contributed by atoms with van der Waals surface area (Å²) in [4.78, 5) is 47.8. The molecule has 5 unspecified atom stereocenters. The van der Waals surface area contributed by atoms with Gasteiger partial charge in [-0.2, -0.15) is 9.29 Å². The largest absolute Gasteiger partial charge is 0.481 e. The lowest BCUT2D eigenvalue weighted by molar-refractivity contribution is -0.0217. The summed E-state index contributed by atoms with van der Waals surface area (Å²) in [6.07, 6.45) is -5.77. The molecule has 0 spiro atoms. The molecule has 1 aromatic rings. The molecular weight excluding hydrogens is 440 g/mol. The molecule has 0 bridgehead atoms. The van der Waals surface area contributed by atoms with Crippen LogP contribution >= 0.6 is 15.6 Å². The Hall–Kier alpha value is -1.58. The molecular formula is C11H19N5O11P2. The van der Waals surface area contributed by atoms with Gasteiger partial charge < -0.3 is 45.2 Å². The predicted octanol–water partition coefficient (Wildman–Crippen LogP) is -2.76. The fourth-order valence-electron chi connectivity index (χ4n) is 3.03. The maximum absolute atomic E-state index is 12.1. The molecule has 1 aromatic heterocycles. The summed E-state index contributed by atoms with van der Waals surface area (Å²) in [6.45, 7) is -0.805. The molecule has 8 N–H and O–H groups in total. The van der Waals surface area contributed by atoms with Gasteiger partial charge in [0, 0.05) is 7.05 Å². The van der Waals surface area contributed by atoms with E-state index in [0.717, 1.165) is 0 Å². The number of fused-ring (bicyclic) bond motifs is 1. The quantitative estimate of drug-likeness (QED) is 0.213. The Morgan fingerprint density at radius 1 is 1.31 bits per heavy atom. The van der Waals surface area contributed by atoms with Gasteiger partial charge in [0.1, 0.15) is 24.0 Å². The lowest BCUT2D eigenvalue weighted by atomic mass is 10.1. The van der Waals surface area contributed by atoms with Gasteiger partial charge in [-0.25, -0.2) is 9.13 Å². The van der Waals surface area contributed by atoms with Crippen molar-refractivity contribution in [1.29, 1.82) is 0 Å². The van der Waals surface area contributed by atoms with Crippen LogP contribution in [0, 0.1) is 0 Å². The van der Waals surface area contributed by atoms with Crippen LogP contribution in [0.5, 0.6) is 0 Å². The predicted molar refractivity (Wildman–Crippen MR) is 94.6 cm³/mol. The Bertz CT molecular complexity index is 936. The number of aliphatic hydroxyl groups is 2. The molecule has 0 radical (unpaired) electrons. The van der Waals surface area contributed by atoms with E-state index in [9.17, 15) is 29.0 Å². The molecule has 0 saturated carbocycles. The first-order valence-electron chi connectivity index (χ1n) is 7.92. The number of phosphoric ester groups is 1. The van der Waals surface area contributed by atoms with Crippen LogP contribution in [-0.4, -0.2) is 79.7 Å². The number of aromatic nitrogens is 2. The van der Waals surface area contributed by atoms with Gasteiger partial charge in [0.05, 0.1) is 13.3 Å². The third-order valence-corrected chi connectivity index (χ3v) is 6.32. The Kier molecular flexibility index (Phi) is 5.79. The normalized spacial score (nSPS) is 29.2. The number of hydrogen-bond acceptors (Lipinski definition) is 12. The lowest BCUT2D eigenvalue weighted by Gasteiger charge is -2.27. The number of anilines is 3. The topological polar surface area (TPSA) is 241 Å². The molecule has 164 valence electrons. The lowest BCUT2D eigenvalue weighted by Crippen LogP contribution is -2.45. The van der Waals surface area contributed by atoms with Gasteiger partial charge in [-0.15, -0.1) is 0 Å². The van der Waals surface area contributed by atoms with Crippen molar-refractivity contribution in [2.45, 2.75) is 24.5 Å². The van der Waals surface area contributed by atoms with Crippen LogP contribution in [0.3, 0.4) is 0 Å². The van der Waals surface area contributed by atoms with Crippen molar-refractivity contribution in [2.75, 3.05) is 35.9 Å². The van der Waals surface area contributed by atoms with Crippen LogP contribution in [0.15, 0.2) is 4.79 Å². The van der Waals surface area contributed by atoms with Gasteiger partial charge in [0.2, 0.25) is 5.95 Å². The number of H-pyrrole nitrogens is 1. The van der Waals surface area contributed by atoms with E-state index >= 15 is 0 Å². The van der Waals surface area contributed by atoms with E-state index in [1.807, 2.05) is 0 Å². The number of nitrogen functional groups attached to an aromatic ring is 1. The third kappa shape index (κ3) is 4.62. The molecule has 1 saturated heterocycles. The van der Waals surface area contributed by atoms with E-state index in [2.05, 4.69) is 18.8 Å². The first-order chi connectivity index (χ1) is 13.3. The molecule has 29 heavy (non-hydrogen) atoms. The number of rotatable bonds is 6. The maximum Gasteiger partial charge on any atom is 0.481 e. The number of nitrogens with one attached hydrogen (secondary N) is 1. The molecule has 0 aliphatic carbocycles. The van der Waals surface area contributed by atoms with Crippen molar-refractivity contribution in [3.63, 3.8) is 0 Å². The van der Waals surface area contributed by atoms with Crippen molar-refractivity contribution < 1.29 is 47.6 Å². The summed E-state index contributed by atoms with van der Waals surface area (Å²) >= 11 is 0. The number of phosphoric acid groups is 2. The van der Waals surface area contributed by atoms with E-state index in [1.165, 1.54) is 9.80 Å². The monoisotopic (exact) mass is 459 g/mol. The number of nitrogens with zero attached hydrogens (tertiary/aromatic N) is 3. The molecule has 18 heteroatoms. The number of nitrogens with two attached hydrogens (primary N) is 1. The minimum atomic E-state index is -5.32. The average Bonchev–Trinajstić information content (AvgIpc) is 3.01. The number of ether oxygens (including phenoxy) is 1. The van der Waals surface area contributed by atoms with Crippen LogP contribution in [-0.2, 0) is 22.7 Å². The fourth-order valence-corrected chi connectivity index (χ4v) is 4.63. The molecule has 16 nitrogen and oxygen atoms in total. The Morgan fingerprint density at radius 2 is 1.97 bits per heavy atom. The molecule has 2 aliphatic heterocycles. The summed E-state index contributed by atoms with van der Waals surface area (Å²) in [7, 11) is -8.91. The second-order valence-electron chi connectivity index (χ2n) is 6.32. The highest BCUT2D eigenvalue weighted by Crippen LogP contribution is 2.57. The Morgan fingerprint density at radius 3 is 2.59 bits per heavy atom. The molecule has 1 fully saturated rings. The minimum absolute atomic E-state index is 0.0384. The summed E-state index contributed by atoms with van der Waals surface area (Å²) < 4.78 is 35.8. The van der Waals surface area contributed by atoms with Gasteiger partial charge >= 0.3 is 15.6 Å². The first kappa shape index (κ1) is 22.1. The van der Waals surface area contributed by atoms with Gasteiger partial charge in [-0.05, 0) is 0 Å². The van der Waals surface area contributed by atoms with Crippen LogP contribution in [0.2, 0.25) is 0 Å². The highest BCUT2D eigenvalue weighted by molar-refractivity contribution is 7.60. The van der Waals surface area contributed by atoms with E-state index < -0.39 is 52.4 Å². The van der Waals surface area contributed by atoms with Crippen molar-refractivity contribution in [3.8, 4) is 0 Å². The van der Waals surface area contributed by atoms with Crippen molar-refractivity contribution in [1.82, 2.24) is 9.97 Å². The molecule has 0 amide bonds. The van der Waals surface area contributed by atoms with E-state index in [-0.39, 0.29) is 24.1 Å². The van der Waals surface area contributed by atoms with Crippen LogP contribution in [0.4, 0.5) is 17.5 Å². The molecule has 3 heterocycles. The molecule has 5 atom stereocenters. The fraction of sp³-hybridized carbons (Fsp3) is 0.636. The SMILES string of the molecule is CN1CN(C2OC(COP(=O)(O)OP(=O)(O)O)C(O)C2O)c2nc(N)[nH]c(=O)c21. The molecule has 3 rings (SSSR count). The smallest absolute Gasteiger partial charge is 0.387 e. The zero-order chi connectivity index (χ0) is 21.7. The second kappa shape index (κ2) is 7.59. The van der Waals surface area contributed by atoms with E-state index in [4.69, 9.17) is 20.3 Å². The summed E-state index contributed by atoms with van der Waals surface area (Å²) in [6, 6.07) is 0. The summed E-state index contributed by atoms with van der Waals surface area (Å²) in [5.74, 6) is -0.0954. The van der Waals surface area contributed by atoms with Crippen LogP contribution < -0.4 is 21.1 Å². The van der Waals surface area contributed by atoms with Crippen LogP contribution in [0.1, 0.15) is 0 Å². The maximum atomic E-state index is 12.1. The van der Waals surface area contributed by atoms with Crippen LogP contribution in [0.25, 0.3) is 0 Å². The average molecular weight is 459 g/mol. The summed E-state index contributed by atoms with van der Waals surface area (Å²) in [5, 5.41) is 20.5. The zero-order valence-corrected chi connectivity index (χ0v) is 16.5. The molecule has 2 aliphatic rings. The second-order valence-corrected chi connectivity index (χ2v) is 9.15. The highest BCUT2D eigenvalue weighted by Gasteiger charge is 2.49. The molecule has 0 aromatic carbocycles. The van der Waals surface area contributed by atoms with Crippen molar-refractivity contribution >= 4 is 33.1 Å².